The first-order chi connectivity index (χ1) is 26.3. The van der Waals surface area contributed by atoms with Gasteiger partial charge in [0, 0.05) is 22.5 Å². The minimum Gasteiger partial charge on any atom is -0.744 e. The van der Waals surface area contributed by atoms with Crippen molar-refractivity contribution < 1.29 is 71.3 Å². The maximum atomic E-state index is 11.2. The van der Waals surface area contributed by atoms with Crippen molar-refractivity contribution in [2.45, 2.75) is 61.5 Å². The summed E-state index contributed by atoms with van der Waals surface area (Å²) < 4.78 is 62.8. The summed E-state index contributed by atoms with van der Waals surface area (Å²) >= 11 is 0. The largest absolute Gasteiger partial charge is 1.00 e. The number of rotatable bonds is 11. The molecule has 8 rings (SSSR count). The van der Waals surface area contributed by atoms with Crippen molar-refractivity contribution in [1.82, 2.24) is 0 Å². The number of anilines is 2. The fourth-order valence-corrected chi connectivity index (χ4v) is 8.02. The summed E-state index contributed by atoms with van der Waals surface area (Å²) in [4.78, 5) is -0.257. The minimum atomic E-state index is -4.49. The molecule has 290 valence electrons. The average Bonchev–Trinajstić information content (AvgIpc) is 3.51. The first kappa shape index (κ1) is 41.9. The SMILES string of the molecule is CC1(C)c2ccccc2NC12C=Cc1cc(S(=O)(=O)[O-])ccc1O2.CC1(C)c2ccccc2NC12C=Cc1ccc(COCCOCCOCCO)cc1O2.[Na+]. The second-order valence-corrected chi connectivity index (χ2v) is 16.3. The van der Waals surface area contributed by atoms with Gasteiger partial charge in [-0.2, -0.15) is 0 Å². The Kier molecular flexibility index (Phi) is 12.5. The van der Waals surface area contributed by atoms with Crippen LogP contribution in [0.2, 0.25) is 0 Å². The standard InChI is InChI=1S/C25H31NO5.C18H17NO4S.Na/c1-24(2)21-5-3-4-6-22(21)26-25(24)10-9-20-8-7-19(17-23(20)31-25)18-30-16-15-29-14-13-28-12-11-27;1-17(2)14-5-3-4-6-15(14)19-18(17)10-9-12-11-13(24(20,21)22)7-8-16(12)23-18;/h3-10,17,26-27H,11-16,18H2,1-2H3;3-11,19H,1-2H3,(H,20,21,22);/q;;+1/p-1. The summed E-state index contributed by atoms with van der Waals surface area (Å²) in [6, 6.07) is 26.8. The molecule has 2 unspecified atom stereocenters. The van der Waals surface area contributed by atoms with E-state index >= 15 is 0 Å². The first-order valence-corrected chi connectivity index (χ1v) is 19.8. The van der Waals surface area contributed by atoms with Gasteiger partial charge < -0.3 is 44.0 Å². The van der Waals surface area contributed by atoms with E-state index in [1.165, 1.54) is 23.8 Å². The number of aliphatic hydroxyl groups is 1. The summed E-state index contributed by atoms with van der Waals surface area (Å²) in [5.74, 6) is 1.40. The molecule has 2 spiro atoms. The molecular formula is C43H47N2NaO9S. The van der Waals surface area contributed by atoms with Crippen LogP contribution in [0.25, 0.3) is 12.2 Å². The van der Waals surface area contributed by atoms with Crippen molar-refractivity contribution in [2.75, 3.05) is 50.3 Å². The number of ether oxygens (including phenoxy) is 5. The van der Waals surface area contributed by atoms with Crippen LogP contribution in [0.5, 0.6) is 11.5 Å². The Morgan fingerprint density at radius 3 is 1.77 bits per heavy atom. The zero-order valence-electron chi connectivity index (χ0n) is 32.5. The van der Waals surface area contributed by atoms with Crippen molar-refractivity contribution in [3.8, 4) is 11.5 Å². The van der Waals surface area contributed by atoms with Gasteiger partial charge in [-0.3, -0.25) is 0 Å². The Morgan fingerprint density at radius 2 is 1.20 bits per heavy atom. The van der Waals surface area contributed by atoms with Gasteiger partial charge in [0.25, 0.3) is 0 Å². The molecule has 56 heavy (non-hydrogen) atoms. The molecule has 0 amide bonds. The topological polar surface area (TPSA) is 148 Å². The van der Waals surface area contributed by atoms with Gasteiger partial charge in [0.2, 0.25) is 11.4 Å². The number of nitrogens with one attached hydrogen (secondary N) is 2. The number of fused-ring (bicyclic) bond motifs is 4. The van der Waals surface area contributed by atoms with Gasteiger partial charge >= 0.3 is 29.6 Å². The molecule has 4 aromatic rings. The van der Waals surface area contributed by atoms with Gasteiger partial charge in [0.05, 0.1) is 62.0 Å². The Hall–Kier alpha value is -3.69. The molecule has 4 aliphatic rings. The van der Waals surface area contributed by atoms with Crippen molar-refractivity contribution >= 4 is 33.6 Å². The van der Waals surface area contributed by atoms with Gasteiger partial charge in [-0.05, 0) is 105 Å². The molecule has 0 radical (unpaired) electrons. The average molecular weight is 791 g/mol. The Labute approximate surface area is 351 Å². The van der Waals surface area contributed by atoms with Crippen LogP contribution < -0.4 is 49.7 Å². The van der Waals surface area contributed by atoms with E-state index in [2.05, 4.69) is 92.9 Å². The van der Waals surface area contributed by atoms with Crippen LogP contribution in [0.3, 0.4) is 0 Å². The number of hydrogen-bond donors (Lipinski definition) is 3. The van der Waals surface area contributed by atoms with E-state index in [9.17, 15) is 13.0 Å². The molecule has 11 nitrogen and oxygen atoms in total. The Bertz CT molecular complexity index is 2220. The molecule has 0 fully saturated rings. The molecule has 4 aliphatic heterocycles. The van der Waals surface area contributed by atoms with Gasteiger partial charge in [0.15, 0.2) is 0 Å². The van der Waals surface area contributed by atoms with Gasteiger partial charge in [-0.25, -0.2) is 8.42 Å². The zero-order chi connectivity index (χ0) is 38.9. The van der Waals surface area contributed by atoms with E-state index in [4.69, 9.17) is 28.8 Å². The number of para-hydroxylation sites is 2. The molecule has 0 bridgehead atoms. The number of hydrogen-bond acceptors (Lipinski definition) is 11. The molecule has 0 aliphatic carbocycles. The van der Waals surface area contributed by atoms with Gasteiger partial charge in [0.1, 0.15) is 21.6 Å². The smallest absolute Gasteiger partial charge is 0.744 e. The summed E-state index contributed by atoms with van der Waals surface area (Å²) in [5, 5.41) is 15.7. The molecule has 4 aromatic carbocycles. The number of aliphatic hydroxyl groups excluding tert-OH is 1. The third-order valence-corrected chi connectivity index (χ3v) is 11.7. The summed E-state index contributed by atoms with van der Waals surface area (Å²) in [6.45, 7) is 11.5. The Balaban J connectivity index is 0.000000192. The maximum absolute atomic E-state index is 11.2. The first-order valence-electron chi connectivity index (χ1n) is 18.4. The molecule has 3 N–H and O–H groups in total. The Morgan fingerprint density at radius 1 is 0.661 bits per heavy atom. The van der Waals surface area contributed by atoms with E-state index in [0.717, 1.165) is 33.8 Å². The van der Waals surface area contributed by atoms with E-state index in [0.29, 0.717) is 51.0 Å². The van der Waals surface area contributed by atoms with Crippen molar-refractivity contribution in [3.63, 3.8) is 0 Å². The molecule has 2 atom stereocenters. The summed E-state index contributed by atoms with van der Waals surface area (Å²) in [7, 11) is -4.49. The van der Waals surface area contributed by atoms with E-state index in [1.807, 2.05) is 30.3 Å². The predicted octanol–water partition coefficient (Wildman–Crippen LogP) is 3.83. The van der Waals surface area contributed by atoms with E-state index in [1.54, 1.807) is 6.08 Å². The molecule has 0 saturated heterocycles. The summed E-state index contributed by atoms with van der Waals surface area (Å²) in [5.41, 5.74) is 5.29. The van der Waals surface area contributed by atoms with Crippen LogP contribution in [0.1, 0.15) is 55.5 Å². The second kappa shape index (κ2) is 16.7. The zero-order valence-corrected chi connectivity index (χ0v) is 35.3. The van der Waals surface area contributed by atoms with Crippen LogP contribution >= 0.6 is 0 Å². The molecule has 4 heterocycles. The molecule has 0 saturated carbocycles. The van der Waals surface area contributed by atoms with E-state index in [-0.39, 0.29) is 51.9 Å². The van der Waals surface area contributed by atoms with Crippen LogP contribution in [-0.4, -0.2) is 69.2 Å². The number of benzene rings is 4. The van der Waals surface area contributed by atoms with Gasteiger partial charge in [-0.1, -0.05) is 48.5 Å². The normalized spacial score (nSPS) is 21.2. The van der Waals surface area contributed by atoms with E-state index < -0.39 is 21.6 Å². The predicted molar refractivity (Wildman–Crippen MR) is 210 cm³/mol. The van der Waals surface area contributed by atoms with Crippen molar-refractivity contribution in [3.05, 3.63) is 125 Å². The van der Waals surface area contributed by atoms with Crippen LogP contribution in [0.4, 0.5) is 11.4 Å². The van der Waals surface area contributed by atoms with Crippen LogP contribution in [-0.2, 0) is 41.8 Å². The molecule has 13 heteroatoms. The van der Waals surface area contributed by atoms with Crippen LogP contribution in [0.15, 0.2) is 102 Å². The molecule has 0 aromatic heterocycles. The van der Waals surface area contributed by atoms with Crippen LogP contribution in [0, 0.1) is 0 Å². The second-order valence-electron chi connectivity index (χ2n) is 15.0. The summed E-state index contributed by atoms with van der Waals surface area (Å²) in [6.07, 6.45) is 7.95. The third kappa shape index (κ3) is 8.05. The van der Waals surface area contributed by atoms with Crippen molar-refractivity contribution in [2.24, 2.45) is 0 Å². The van der Waals surface area contributed by atoms with Crippen molar-refractivity contribution in [1.29, 1.82) is 0 Å². The maximum Gasteiger partial charge on any atom is 1.00 e. The fraction of sp³-hybridized carbons (Fsp3) is 0.349. The third-order valence-electron chi connectivity index (χ3n) is 10.8. The minimum absolute atomic E-state index is 0. The quantitative estimate of drug-likeness (QED) is 0.116. The fourth-order valence-electron chi connectivity index (χ4n) is 7.52. The molecular weight excluding hydrogens is 744 g/mol. The monoisotopic (exact) mass is 790 g/mol. The van der Waals surface area contributed by atoms with Gasteiger partial charge in [-0.15, -0.1) is 0 Å².